The average molecular weight is 410 g/mol. The van der Waals surface area contributed by atoms with E-state index in [0.717, 1.165) is 38.5 Å². The van der Waals surface area contributed by atoms with Gasteiger partial charge in [-0.2, -0.15) is 0 Å². The van der Waals surface area contributed by atoms with Crippen molar-refractivity contribution in [3.8, 4) is 0 Å². The number of carbonyl (C=O) groups is 1. The molecule has 0 heterocycles. The van der Waals surface area contributed by atoms with Gasteiger partial charge in [-0.05, 0) is 24.8 Å². The van der Waals surface area contributed by atoms with Gasteiger partial charge in [0.2, 0.25) is 0 Å². The zero-order valence-electron chi connectivity index (χ0n) is 19.2. The van der Waals surface area contributed by atoms with Crippen molar-refractivity contribution >= 4 is 5.97 Å². The summed E-state index contributed by atoms with van der Waals surface area (Å²) in [6, 6.07) is 0. The molecule has 0 amide bonds. The van der Waals surface area contributed by atoms with Crippen molar-refractivity contribution in [2.24, 2.45) is 5.11 Å². The molecule has 0 saturated carbocycles. The molecule has 0 aromatic heterocycles. The Balaban J connectivity index is 3.14. The Morgan fingerprint density at radius 1 is 0.690 bits per heavy atom. The first-order chi connectivity index (χ1) is 14.3. The first-order valence-electron chi connectivity index (χ1n) is 12.5. The first-order valence-corrected chi connectivity index (χ1v) is 12.5. The van der Waals surface area contributed by atoms with Gasteiger partial charge < -0.3 is 4.74 Å². The highest BCUT2D eigenvalue weighted by Gasteiger charge is 2.02. The van der Waals surface area contributed by atoms with Gasteiger partial charge in [0, 0.05) is 17.9 Å². The highest BCUT2D eigenvalue weighted by molar-refractivity contribution is 5.69. The van der Waals surface area contributed by atoms with Crippen LogP contribution in [0, 0.1) is 0 Å². The molecule has 29 heavy (non-hydrogen) atoms. The lowest BCUT2D eigenvalue weighted by molar-refractivity contribution is -0.143. The maximum atomic E-state index is 11.7. The number of esters is 1. The molecule has 0 aromatic carbocycles. The zero-order chi connectivity index (χ0) is 21.3. The SMILES string of the molecule is CCCCCCCCCCCCCCCCCC(=O)OCCCCCCN=[N+]=[N-]. The molecule has 0 aliphatic carbocycles. The van der Waals surface area contributed by atoms with E-state index in [0.29, 0.717) is 19.6 Å². The molecule has 0 aromatic rings. The van der Waals surface area contributed by atoms with Crippen LogP contribution in [-0.2, 0) is 9.53 Å². The van der Waals surface area contributed by atoms with Crippen LogP contribution in [0.25, 0.3) is 10.4 Å². The van der Waals surface area contributed by atoms with Crippen LogP contribution in [0.4, 0.5) is 0 Å². The molecule has 170 valence electrons. The number of unbranched alkanes of at least 4 members (excludes halogenated alkanes) is 17. The quantitative estimate of drug-likeness (QED) is 0.0556. The number of carbonyl (C=O) groups excluding carboxylic acids is 1. The number of azide groups is 1. The Morgan fingerprint density at radius 3 is 1.66 bits per heavy atom. The van der Waals surface area contributed by atoms with Crippen LogP contribution in [0.2, 0.25) is 0 Å². The van der Waals surface area contributed by atoms with E-state index in [1.165, 1.54) is 83.5 Å². The summed E-state index contributed by atoms with van der Waals surface area (Å²) < 4.78 is 5.27. The molecule has 0 saturated heterocycles. The van der Waals surface area contributed by atoms with Gasteiger partial charge in [-0.25, -0.2) is 0 Å². The largest absolute Gasteiger partial charge is 0.466 e. The topological polar surface area (TPSA) is 75.1 Å². The minimum Gasteiger partial charge on any atom is -0.466 e. The average Bonchev–Trinajstić information content (AvgIpc) is 2.72. The lowest BCUT2D eigenvalue weighted by atomic mass is 10.0. The van der Waals surface area contributed by atoms with Crippen LogP contribution >= 0.6 is 0 Å². The molecule has 0 spiro atoms. The fourth-order valence-electron chi connectivity index (χ4n) is 3.58. The normalized spacial score (nSPS) is 10.7. The Hall–Kier alpha value is -1.22. The lowest BCUT2D eigenvalue weighted by Gasteiger charge is -2.05. The molecule has 5 nitrogen and oxygen atoms in total. The van der Waals surface area contributed by atoms with Gasteiger partial charge in [0.15, 0.2) is 0 Å². The molecule has 0 N–H and O–H groups in total. The summed E-state index contributed by atoms with van der Waals surface area (Å²) in [7, 11) is 0. The van der Waals surface area contributed by atoms with E-state index in [9.17, 15) is 4.79 Å². The second-order valence-electron chi connectivity index (χ2n) is 8.29. The van der Waals surface area contributed by atoms with Gasteiger partial charge in [0.05, 0.1) is 6.61 Å². The molecule has 0 unspecified atom stereocenters. The predicted octanol–water partition coefficient (Wildman–Crippen LogP) is 8.66. The summed E-state index contributed by atoms with van der Waals surface area (Å²) in [5.74, 6) is -0.0474. The zero-order valence-corrected chi connectivity index (χ0v) is 19.2. The summed E-state index contributed by atoms with van der Waals surface area (Å²) >= 11 is 0. The monoisotopic (exact) mass is 409 g/mol. The van der Waals surface area contributed by atoms with E-state index in [1.807, 2.05) is 0 Å². The van der Waals surface area contributed by atoms with Crippen LogP contribution in [0.1, 0.15) is 135 Å². The molecule has 0 rings (SSSR count). The maximum absolute atomic E-state index is 11.7. The van der Waals surface area contributed by atoms with E-state index in [1.54, 1.807) is 0 Å². The fraction of sp³-hybridized carbons (Fsp3) is 0.958. The summed E-state index contributed by atoms with van der Waals surface area (Å²) in [4.78, 5) is 14.4. The van der Waals surface area contributed by atoms with E-state index < -0.39 is 0 Å². The Labute approximate surface area is 180 Å². The van der Waals surface area contributed by atoms with Crippen molar-refractivity contribution in [2.75, 3.05) is 13.2 Å². The van der Waals surface area contributed by atoms with Gasteiger partial charge in [-0.1, -0.05) is 115 Å². The highest BCUT2D eigenvalue weighted by Crippen LogP contribution is 2.14. The van der Waals surface area contributed by atoms with Gasteiger partial charge in [-0.15, -0.1) is 0 Å². The molecule has 0 aliphatic rings. The van der Waals surface area contributed by atoms with Gasteiger partial charge >= 0.3 is 5.97 Å². The number of hydrogen-bond donors (Lipinski definition) is 0. The van der Waals surface area contributed by atoms with Crippen molar-refractivity contribution in [2.45, 2.75) is 135 Å². The second kappa shape index (κ2) is 24.8. The van der Waals surface area contributed by atoms with Crippen molar-refractivity contribution in [1.29, 1.82) is 0 Å². The molecule has 0 fully saturated rings. The van der Waals surface area contributed by atoms with E-state index in [2.05, 4.69) is 16.9 Å². The molecular weight excluding hydrogens is 362 g/mol. The van der Waals surface area contributed by atoms with Gasteiger partial charge in [0.1, 0.15) is 0 Å². The van der Waals surface area contributed by atoms with E-state index >= 15 is 0 Å². The Kier molecular flexibility index (Phi) is 23.8. The van der Waals surface area contributed by atoms with Crippen LogP contribution < -0.4 is 0 Å². The first kappa shape index (κ1) is 27.8. The lowest BCUT2D eigenvalue weighted by Crippen LogP contribution is -2.05. The van der Waals surface area contributed by atoms with E-state index in [-0.39, 0.29) is 5.97 Å². The minimum absolute atomic E-state index is 0.0474. The second-order valence-corrected chi connectivity index (χ2v) is 8.29. The summed E-state index contributed by atoms with van der Waals surface area (Å²) in [5, 5.41) is 3.50. The number of ether oxygens (including phenoxy) is 1. The minimum atomic E-state index is -0.0474. The predicted molar refractivity (Wildman–Crippen MR) is 123 cm³/mol. The van der Waals surface area contributed by atoms with Crippen LogP contribution in [-0.4, -0.2) is 19.1 Å². The van der Waals surface area contributed by atoms with Crippen molar-refractivity contribution in [1.82, 2.24) is 0 Å². The maximum Gasteiger partial charge on any atom is 0.305 e. The summed E-state index contributed by atoms with van der Waals surface area (Å²) in [6.07, 6.45) is 24.5. The fourth-order valence-corrected chi connectivity index (χ4v) is 3.58. The molecular formula is C24H47N3O2. The van der Waals surface area contributed by atoms with Crippen molar-refractivity contribution < 1.29 is 9.53 Å². The molecule has 0 bridgehead atoms. The van der Waals surface area contributed by atoms with Crippen LogP contribution in [0.5, 0.6) is 0 Å². The Bertz CT molecular complexity index is 396. The molecule has 5 heteroatoms. The highest BCUT2D eigenvalue weighted by atomic mass is 16.5. The van der Waals surface area contributed by atoms with Gasteiger partial charge in [-0.3, -0.25) is 4.79 Å². The number of hydrogen-bond acceptors (Lipinski definition) is 3. The number of rotatable bonds is 23. The third kappa shape index (κ3) is 24.7. The van der Waals surface area contributed by atoms with E-state index in [4.69, 9.17) is 10.3 Å². The standard InChI is InChI=1S/C24H47N3O2/c1-2-3-4-5-6-7-8-9-10-11-12-13-14-15-18-21-24(28)29-23-20-17-16-19-22-26-27-25/h2-23H2,1H3. The van der Waals surface area contributed by atoms with Crippen molar-refractivity contribution in [3.05, 3.63) is 10.4 Å². The third-order valence-electron chi connectivity index (χ3n) is 5.46. The number of nitrogens with zero attached hydrogens (tertiary/aromatic N) is 3. The summed E-state index contributed by atoms with van der Waals surface area (Å²) in [6.45, 7) is 3.37. The van der Waals surface area contributed by atoms with Gasteiger partial charge in [0.25, 0.3) is 0 Å². The molecule has 0 aliphatic heterocycles. The van der Waals surface area contributed by atoms with Crippen molar-refractivity contribution in [3.63, 3.8) is 0 Å². The van der Waals surface area contributed by atoms with Crippen LogP contribution in [0.3, 0.4) is 0 Å². The molecule has 0 atom stereocenters. The third-order valence-corrected chi connectivity index (χ3v) is 5.46. The summed E-state index contributed by atoms with van der Waals surface area (Å²) in [5.41, 5.74) is 8.17. The Morgan fingerprint density at radius 2 is 1.14 bits per heavy atom. The smallest absolute Gasteiger partial charge is 0.305 e. The molecule has 0 radical (unpaired) electrons. The van der Waals surface area contributed by atoms with Crippen LogP contribution in [0.15, 0.2) is 5.11 Å².